The fourth-order valence-corrected chi connectivity index (χ4v) is 3.32. The van der Waals surface area contributed by atoms with E-state index in [0.717, 1.165) is 22.6 Å². The van der Waals surface area contributed by atoms with E-state index >= 15 is 0 Å². The highest BCUT2D eigenvalue weighted by Crippen LogP contribution is 2.25. The number of rotatable bonds is 9. The zero-order valence-corrected chi connectivity index (χ0v) is 18.4. The van der Waals surface area contributed by atoms with Crippen LogP contribution in [0.4, 0.5) is 0 Å². The molecule has 1 atom stereocenters. The molecule has 160 valence electrons. The second-order valence-corrected chi connectivity index (χ2v) is 7.67. The number of nitrogens with zero attached hydrogens (tertiary/aromatic N) is 2. The molecule has 0 aliphatic rings. The standard InChI is InChI=1S/C25H26ClN3O2/c1-29(2)24(22-8-3-4-9-23(22)26)17-28-25(30)15-12-19-10-13-21(14-11-19)31-18-20-7-5-6-16-27-20/h3-16,24H,17-18H2,1-2H3,(H,28,30)/b15-12+. The second-order valence-electron chi connectivity index (χ2n) is 7.26. The molecule has 3 rings (SSSR count). The number of aromatic nitrogens is 1. The van der Waals surface area contributed by atoms with E-state index in [1.165, 1.54) is 6.08 Å². The van der Waals surface area contributed by atoms with Gasteiger partial charge in [-0.1, -0.05) is 48.0 Å². The van der Waals surface area contributed by atoms with Gasteiger partial charge in [0.2, 0.25) is 5.91 Å². The molecule has 1 N–H and O–H groups in total. The van der Waals surface area contributed by atoms with Crippen molar-refractivity contribution in [2.75, 3.05) is 20.6 Å². The second kappa shape index (κ2) is 11.3. The number of pyridine rings is 1. The molecule has 1 amide bonds. The molecule has 2 aromatic carbocycles. The Balaban J connectivity index is 1.51. The highest BCUT2D eigenvalue weighted by molar-refractivity contribution is 6.31. The van der Waals surface area contributed by atoms with Gasteiger partial charge in [-0.2, -0.15) is 0 Å². The van der Waals surface area contributed by atoms with Crippen molar-refractivity contribution in [2.24, 2.45) is 0 Å². The van der Waals surface area contributed by atoms with E-state index in [9.17, 15) is 4.79 Å². The third kappa shape index (κ3) is 6.95. The monoisotopic (exact) mass is 435 g/mol. The smallest absolute Gasteiger partial charge is 0.244 e. The molecule has 0 saturated carbocycles. The van der Waals surface area contributed by atoms with Crippen LogP contribution in [0.5, 0.6) is 5.75 Å². The number of nitrogens with one attached hydrogen (secondary N) is 1. The number of likely N-dealkylation sites (N-methyl/N-ethyl adjacent to an activating group) is 1. The normalized spacial score (nSPS) is 12.1. The minimum atomic E-state index is -0.158. The zero-order valence-electron chi connectivity index (χ0n) is 17.7. The first kappa shape index (κ1) is 22.5. The van der Waals surface area contributed by atoms with E-state index in [4.69, 9.17) is 16.3 Å². The molecule has 1 aromatic heterocycles. The van der Waals surface area contributed by atoms with Crippen molar-refractivity contribution in [1.82, 2.24) is 15.2 Å². The van der Waals surface area contributed by atoms with E-state index in [-0.39, 0.29) is 11.9 Å². The van der Waals surface area contributed by atoms with Crippen LogP contribution in [0.1, 0.15) is 22.9 Å². The van der Waals surface area contributed by atoms with Gasteiger partial charge < -0.3 is 15.0 Å². The van der Waals surface area contributed by atoms with E-state index in [2.05, 4.69) is 10.3 Å². The van der Waals surface area contributed by atoms with Gasteiger partial charge in [-0.05, 0) is 61.6 Å². The first-order valence-electron chi connectivity index (χ1n) is 10.0. The molecule has 1 heterocycles. The summed E-state index contributed by atoms with van der Waals surface area (Å²) in [5.74, 6) is 0.593. The highest BCUT2D eigenvalue weighted by Gasteiger charge is 2.17. The predicted molar refractivity (Wildman–Crippen MR) is 125 cm³/mol. The van der Waals surface area contributed by atoms with Gasteiger partial charge in [0, 0.05) is 23.8 Å². The van der Waals surface area contributed by atoms with Gasteiger partial charge in [0.05, 0.1) is 11.7 Å². The first-order valence-corrected chi connectivity index (χ1v) is 10.4. The lowest BCUT2D eigenvalue weighted by atomic mass is 10.1. The lowest BCUT2D eigenvalue weighted by molar-refractivity contribution is -0.116. The van der Waals surface area contributed by atoms with Gasteiger partial charge in [-0.15, -0.1) is 0 Å². The number of ether oxygens (including phenoxy) is 1. The molecule has 0 aliphatic heterocycles. The van der Waals surface area contributed by atoms with Crippen molar-refractivity contribution in [2.45, 2.75) is 12.6 Å². The molecule has 31 heavy (non-hydrogen) atoms. The number of hydrogen-bond donors (Lipinski definition) is 1. The molecule has 1 unspecified atom stereocenters. The minimum Gasteiger partial charge on any atom is -0.487 e. The quantitative estimate of drug-likeness (QED) is 0.493. The predicted octanol–water partition coefficient (Wildman–Crippen LogP) is 4.75. The first-order chi connectivity index (χ1) is 15.0. The van der Waals surface area contributed by atoms with Crippen molar-refractivity contribution >= 4 is 23.6 Å². The van der Waals surface area contributed by atoms with Crippen LogP contribution in [0.2, 0.25) is 5.02 Å². The Hall–Kier alpha value is -3.15. The van der Waals surface area contributed by atoms with E-state index in [1.54, 1.807) is 12.3 Å². The maximum absolute atomic E-state index is 12.3. The van der Waals surface area contributed by atoms with Gasteiger partial charge in [-0.25, -0.2) is 0 Å². The van der Waals surface area contributed by atoms with Crippen LogP contribution in [0.15, 0.2) is 79.0 Å². The highest BCUT2D eigenvalue weighted by atomic mass is 35.5. The molecule has 0 aliphatic carbocycles. The van der Waals surface area contributed by atoms with Crippen LogP contribution in [0.3, 0.4) is 0 Å². The molecule has 5 nitrogen and oxygen atoms in total. The van der Waals surface area contributed by atoms with E-state index in [0.29, 0.717) is 18.2 Å². The minimum absolute atomic E-state index is 0.0124. The molecule has 6 heteroatoms. The lowest BCUT2D eigenvalue weighted by Gasteiger charge is -2.25. The van der Waals surface area contributed by atoms with Gasteiger partial charge >= 0.3 is 0 Å². The Bertz CT molecular complexity index is 1000. The Morgan fingerprint density at radius 2 is 1.84 bits per heavy atom. The zero-order chi connectivity index (χ0) is 22.1. The van der Waals surface area contributed by atoms with Crippen molar-refractivity contribution in [3.63, 3.8) is 0 Å². The molecule has 0 fully saturated rings. The summed E-state index contributed by atoms with van der Waals surface area (Å²) in [5.41, 5.74) is 2.77. The van der Waals surface area contributed by atoms with Gasteiger partial charge in [0.25, 0.3) is 0 Å². The third-order valence-corrected chi connectivity index (χ3v) is 5.12. The van der Waals surface area contributed by atoms with Crippen LogP contribution in [-0.2, 0) is 11.4 Å². The average Bonchev–Trinajstić information content (AvgIpc) is 2.79. The van der Waals surface area contributed by atoms with Crippen molar-refractivity contribution in [3.05, 3.63) is 101 Å². The van der Waals surface area contributed by atoms with Crippen LogP contribution in [0.25, 0.3) is 6.08 Å². The number of carbonyl (C=O) groups is 1. The summed E-state index contributed by atoms with van der Waals surface area (Å²) in [7, 11) is 3.93. The SMILES string of the molecule is CN(C)C(CNC(=O)/C=C/c1ccc(OCc2ccccn2)cc1)c1ccccc1Cl. The van der Waals surface area contributed by atoms with Crippen LogP contribution < -0.4 is 10.1 Å². The number of hydrogen-bond acceptors (Lipinski definition) is 4. The van der Waals surface area contributed by atoms with E-state index < -0.39 is 0 Å². The topological polar surface area (TPSA) is 54.5 Å². The number of amides is 1. The third-order valence-electron chi connectivity index (χ3n) is 4.78. The number of carbonyl (C=O) groups excluding carboxylic acids is 1. The summed E-state index contributed by atoms with van der Waals surface area (Å²) in [6, 6.07) is 21.0. The number of benzene rings is 2. The van der Waals surface area contributed by atoms with Crippen molar-refractivity contribution in [1.29, 1.82) is 0 Å². The molecule has 0 saturated heterocycles. The largest absolute Gasteiger partial charge is 0.487 e. The van der Waals surface area contributed by atoms with E-state index in [1.807, 2.05) is 85.7 Å². The summed E-state index contributed by atoms with van der Waals surface area (Å²) in [6.07, 6.45) is 5.05. The summed E-state index contributed by atoms with van der Waals surface area (Å²) < 4.78 is 5.73. The van der Waals surface area contributed by atoms with Crippen molar-refractivity contribution in [3.8, 4) is 5.75 Å². The molecular formula is C25H26ClN3O2. The van der Waals surface area contributed by atoms with Crippen LogP contribution in [-0.4, -0.2) is 36.4 Å². The molecule has 0 bridgehead atoms. The maximum atomic E-state index is 12.3. The van der Waals surface area contributed by atoms with Gasteiger partial charge in [0.1, 0.15) is 12.4 Å². The Kier molecular flexibility index (Phi) is 8.21. The summed E-state index contributed by atoms with van der Waals surface area (Å²) in [4.78, 5) is 18.6. The Morgan fingerprint density at radius 1 is 1.10 bits per heavy atom. The molecule has 0 spiro atoms. The van der Waals surface area contributed by atoms with Crippen LogP contribution in [0, 0.1) is 0 Å². The van der Waals surface area contributed by atoms with Crippen LogP contribution >= 0.6 is 11.6 Å². The fraction of sp³-hybridized carbons (Fsp3) is 0.200. The van der Waals surface area contributed by atoms with Gasteiger partial charge in [-0.3, -0.25) is 9.78 Å². The molecule has 0 radical (unpaired) electrons. The Labute approximate surface area is 188 Å². The fourth-order valence-electron chi connectivity index (χ4n) is 3.06. The molecular weight excluding hydrogens is 410 g/mol. The Morgan fingerprint density at radius 3 is 2.52 bits per heavy atom. The lowest BCUT2D eigenvalue weighted by Crippen LogP contribution is -2.33. The van der Waals surface area contributed by atoms with Crippen molar-refractivity contribution < 1.29 is 9.53 Å². The summed E-state index contributed by atoms with van der Waals surface area (Å²) in [5, 5.41) is 3.64. The maximum Gasteiger partial charge on any atom is 0.244 e. The number of halogens is 1. The summed E-state index contributed by atoms with van der Waals surface area (Å²) >= 11 is 6.32. The molecule has 3 aromatic rings. The average molecular weight is 436 g/mol. The summed E-state index contributed by atoms with van der Waals surface area (Å²) in [6.45, 7) is 0.872. The van der Waals surface area contributed by atoms with Gasteiger partial charge in [0.15, 0.2) is 0 Å².